The Labute approximate surface area is 205 Å². The molecule has 1 spiro atoms. The zero-order valence-corrected chi connectivity index (χ0v) is 21.4. The van der Waals surface area contributed by atoms with Gasteiger partial charge in [0.25, 0.3) is 0 Å². The number of hydrogen-bond donors (Lipinski definition) is 3. The van der Waals surface area contributed by atoms with Crippen LogP contribution in [0.4, 0.5) is 0 Å². The topological polar surface area (TPSA) is 91.8 Å². The highest BCUT2D eigenvalue weighted by atomic mass is 127. The molecule has 3 N–H and O–H groups in total. The van der Waals surface area contributed by atoms with E-state index in [1.807, 2.05) is 18.2 Å². The maximum Gasteiger partial charge on any atom is 0.250 e. The first-order valence-electron chi connectivity index (χ1n) is 10.3. The maximum absolute atomic E-state index is 12.2. The van der Waals surface area contributed by atoms with Crippen LogP contribution in [-0.4, -0.2) is 40.1 Å². The number of fused-ring (bicyclic) bond motifs is 1. The SMILES string of the molecule is CN=C(NCCNS(=O)(=O)c1cccs1)NC1CC2(CCCC2)Oc2ccccc21.I. The average molecular weight is 577 g/mol. The van der Waals surface area contributed by atoms with Gasteiger partial charge in [-0.05, 0) is 43.2 Å². The van der Waals surface area contributed by atoms with E-state index in [1.54, 1.807) is 24.6 Å². The first-order valence-corrected chi connectivity index (χ1v) is 12.7. The molecule has 4 rings (SSSR count). The Kier molecular flexibility index (Phi) is 8.22. The molecule has 0 amide bonds. The molecule has 2 aromatic rings. The van der Waals surface area contributed by atoms with Crippen molar-refractivity contribution in [3.63, 3.8) is 0 Å². The molecule has 1 aliphatic heterocycles. The second kappa shape index (κ2) is 10.5. The van der Waals surface area contributed by atoms with E-state index < -0.39 is 10.0 Å². The molecule has 0 bridgehead atoms. The van der Waals surface area contributed by atoms with Crippen LogP contribution in [-0.2, 0) is 10.0 Å². The lowest BCUT2D eigenvalue weighted by Gasteiger charge is -2.40. The molecule has 1 aromatic carbocycles. The summed E-state index contributed by atoms with van der Waals surface area (Å²) in [6.45, 7) is 0.704. The number of halogens is 1. The maximum atomic E-state index is 12.2. The second-order valence-electron chi connectivity index (χ2n) is 7.76. The summed E-state index contributed by atoms with van der Waals surface area (Å²) in [7, 11) is -1.73. The molecular weight excluding hydrogens is 547 g/mol. The van der Waals surface area contributed by atoms with Crippen molar-refractivity contribution in [2.45, 2.75) is 48.0 Å². The Hall–Kier alpha value is -1.37. The number of para-hydroxylation sites is 1. The normalized spacial score (nSPS) is 19.9. The highest BCUT2D eigenvalue weighted by Gasteiger charge is 2.43. The molecule has 7 nitrogen and oxygen atoms in total. The molecule has 0 saturated heterocycles. The van der Waals surface area contributed by atoms with Gasteiger partial charge in [-0.25, -0.2) is 13.1 Å². The van der Waals surface area contributed by atoms with Crippen LogP contribution < -0.4 is 20.1 Å². The van der Waals surface area contributed by atoms with E-state index >= 15 is 0 Å². The van der Waals surface area contributed by atoms with Gasteiger partial charge >= 0.3 is 0 Å². The van der Waals surface area contributed by atoms with E-state index in [1.165, 1.54) is 24.2 Å². The second-order valence-corrected chi connectivity index (χ2v) is 10.7. The van der Waals surface area contributed by atoms with Gasteiger partial charge in [0, 0.05) is 32.1 Å². The quantitative estimate of drug-likeness (QED) is 0.212. The fourth-order valence-electron chi connectivity index (χ4n) is 4.29. The van der Waals surface area contributed by atoms with Crippen LogP contribution in [0.3, 0.4) is 0 Å². The number of nitrogens with one attached hydrogen (secondary N) is 3. The van der Waals surface area contributed by atoms with Gasteiger partial charge in [-0.15, -0.1) is 35.3 Å². The highest BCUT2D eigenvalue weighted by Crippen LogP contribution is 2.46. The zero-order chi connectivity index (χ0) is 21.0. The van der Waals surface area contributed by atoms with Gasteiger partial charge in [0.15, 0.2) is 5.96 Å². The highest BCUT2D eigenvalue weighted by molar-refractivity contribution is 14.0. The summed E-state index contributed by atoms with van der Waals surface area (Å²) in [6, 6.07) is 11.6. The summed E-state index contributed by atoms with van der Waals surface area (Å²) in [5.74, 6) is 1.60. The molecule has 170 valence electrons. The van der Waals surface area contributed by atoms with Gasteiger partial charge < -0.3 is 15.4 Å². The third kappa shape index (κ3) is 5.71. The van der Waals surface area contributed by atoms with Crippen LogP contribution in [0.25, 0.3) is 0 Å². The molecule has 1 aromatic heterocycles. The van der Waals surface area contributed by atoms with Crippen LogP contribution in [0.15, 0.2) is 51.0 Å². The summed E-state index contributed by atoms with van der Waals surface area (Å²) in [4.78, 5) is 4.33. The van der Waals surface area contributed by atoms with Crippen molar-refractivity contribution in [1.29, 1.82) is 0 Å². The number of hydrogen-bond acceptors (Lipinski definition) is 5. The fraction of sp³-hybridized carbons (Fsp3) is 0.476. The van der Waals surface area contributed by atoms with Crippen LogP contribution in [0.2, 0.25) is 0 Å². The van der Waals surface area contributed by atoms with Crippen molar-refractivity contribution < 1.29 is 13.2 Å². The van der Waals surface area contributed by atoms with Crippen molar-refractivity contribution in [2.75, 3.05) is 20.1 Å². The van der Waals surface area contributed by atoms with Crippen LogP contribution >= 0.6 is 35.3 Å². The number of sulfonamides is 1. The Balaban J connectivity index is 0.00000272. The minimum Gasteiger partial charge on any atom is -0.487 e. The lowest BCUT2D eigenvalue weighted by atomic mass is 9.86. The van der Waals surface area contributed by atoms with E-state index in [0.29, 0.717) is 16.7 Å². The summed E-state index contributed by atoms with van der Waals surface area (Å²) in [5.41, 5.74) is 1.04. The van der Waals surface area contributed by atoms with Gasteiger partial charge in [-0.2, -0.15) is 0 Å². The minimum atomic E-state index is -3.45. The molecule has 1 fully saturated rings. The largest absolute Gasteiger partial charge is 0.487 e. The molecule has 2 aliphatic rings. The van der Waals surface area contributed by atoms with Gasteiger partial charge in [0.05, 0.1) is 6.04 Å². The van der Waals surface area contributed by atoms with Gasteiger partial charge in [0.1, 0.15) is 15.6 Å². The first kappa shape index (κ1) is 24.3. The van der Waals surface area contributed by atoms with Gasteiger partial charge in [0.2, 0.25) is 10.0 Å². The zero-order valence-electron chi connectivity index (χ0n) is 17.5. The van der Waals surface area contributed by atoms with E-state index in [9.17, 15) is 8.42 Å². The molecule has 1 atom stereocenters. The Morgan fingerprint density at radius 3 is 2.68 bits per heavy atom. The number of benzene rings is 1. The monoisotopic (exact) mass is 576 g/mol. The van der Waals surface area contributed by atoms with E-state index in [4.69, 9.17) is 4.74 Å². The minimum absolute atomic E-state index is 0. The molecule has 10 heteroatoms. The van der Waals surface area contributed by atoms with Gasteiger partial charge in [-0.3, -0.25) is 4.99 Å². The summed E-state index contributed by atoms with van der Waals surface area (Å²) < 4.78 is 33.8. The van der Waals surface area contributed by atoms with Crippen molar-refractivity contribution in [1.82, 2.24) is 15.4 Å². The fourth-order valence-corrected chi connectivity index (χ4v) is 6.36. The molecule has 1 unspecified atom stereocenters. The summed E-state index contributed by atoms with van der Waals surface area (Å²) in [5, 5.41) is 8.49. The third-order valence-corrected chi connectivity index (χ3v) is 8.57. The number of rotatable bonds is 6. The number of ether oxygens (including phenoxy) is 1. The third-order valence-electron chi connectivity index (χ3n) is 5.72. The van der Waals surface area contributed by atoms with Gasteiger partial charge in [-0.1, -0.05) is 24.3 Å². The molecule has 1 saturated carbocycles. The Morgan fingerprint density at radius 1 is 1.19 bits per heavy atom. The summed E-state index contributed by atoms with van der Waals surface area (Å²) >= 11 is 1.21. The predicted molar refractivity (Wildman–Crippen MR) is 135 cm³/mol. The van der Waals surface area contributed by atoms with E-state index in [-0.39, 0.29) is 42.2 Å². The van der Waals surface area contributed by atoms with E-state index in [2.05, 4.69) is 26.4 Å². The average Bonchev–Trinajstić information content (AvgIpc) is 3.43. The van der Waals surface area contributed by atoms with Crippen molar-refractivity contribution in [3.8, 4) is 5.75 Å². The van der Waals surface area contributed by atoms with E-state index in [0.717, 1.165) is 30.6 Å². The summed E-state index contributed by atoms with van der Waals surface area (Å²) in [6.07, 6.45) is 5.46. The molecule has 31 heavy (non-hydrogen) atoms. The van der Waals surface area contributed by atoms with Crippen LogP contribution in [0.1, 0.15) is 43.7 Å². The molecule has 1 aliphatic carbocycles. The smallest absolute Gasteiger partial charge is 0.250 e. The van der Waals surface area contributed by atoms with Crippen molar-refractivity contribution >= 4 is 51.3 Å². The number of nitrogens with zero attached hydrogens (tertiary/aromatic N) is 1. The number of aliphatic imine (C=N–C) groups is 1. The Morgan fingerprint density at radius 2 is 1.97 bits per heavy atom. The first-order chi connectivity index (χ1) is 14.5. The molecular formula is C21H29IN4O3S2. The molecule has 2 heterocycles. The van der Waals surface area contributed by atoms with Crippen molar-refractivity contribution in [2.24, 2.45) is 4.99 Å². The number of thiophene rings is 1. The predicted octanol–water partition coefficient (Wildman–Crippen LogP) is 3.65. The molecule has 0 radical (unpaired) electrons. The standard InChI is InChI=1S/C21H28N4O3S2.HI/c1-22-20(23-12-13-24-30(26,27)19-9-6-14-29-19)25-17-15-21(10-4-5-11-21)28-18-8-3-2-7-16(17)18;/h2-3,6-9,14,17,24H,4-5,10-13,15H2,1H3,(H2,22,23,25);1H. The van der Waals surface area contributed by atoms with Crippen LogP contribution in [0, 0.1) is 0 Å². The van der Waals surface area contributed by atoms with Crippen molar-refractivity contribution in [3.05, 3.63) is 47.3 Å². The van der Waals surface area contributed by atoms with Crippen LogP contribution in [0.5, 0.6) is 5.75 Å². The number of guanidine groups is 1. The Bertz CT molecular complexity index is 990. The lowest BCUT2D eigenvalue weighted by molar-refractivity contribution is 0.0396. The lowest BCUT2D eigenvalue weighted by Crippen LogP contribution is -2.47.